The smallest absolute Gasteiger partial charge is 0.258 e. The summed E-state index contributed by atoms with van der Waals surface area (Å²) in [5.74, 6) is 0.576. The number of amides is 2. The lowest BCUT2D eigenvalue weighted by molar-refractivity contribution is -0.114. The lowest BCUT2D eigenvalue weighted by Crippen LogP contribution is -2.32. The van der Waals surface area contributed by atoms with E-state index in [1.807, 2.05) is 48.5 Å². The van der Waals surface area contributed by atoms with E-state index in [-0.39, 0.29) is 11.8 Å². The second-order valence-corrected chi connectivity index (χ2v) is 7.02. The molecule has 2 heterocycles. The third kappa shape index (κ3) is 3.96. The van der Waals surface area contributed by atoms with Crippen LogP contribution in [0.25, 0.3) is 0 Å². The van der Waals surface area contributed by atoms with E-state index in [1.165, 1.54) is 6.92 Å². The van der Waals surface area contributed by atoms with Crippen molar-refractivity contribution >= 4 is 23.2 Å². The minimum absolute atomic E-state index is 0.0683. The van der Waals surface area contributed by atoms with E-state index in [4.69, 9.17) is 4.74 Å². The molecule has 1 atom stereocenters. The molecule has 30 heavy (non-hydrogen) atoms. The van der Waals surface area contributed by atoms with Crippen LogP contribution in [0.4, 0.5) is 11.4 Å². The van der Waals surface area contributed by atoms with E-state index in [0.29, 0.717) is 23.5 Å². The molecule has 152 valence electrons. The zero-order valence-corrected chi connectivity index (χ0v) is 16.8. The first kappa shape index (κ1) is 19.4. The first-order valence-electron chi connectivity index (χ1n) is 9.58. The highest BCUT2D eigenvalue weighted by atomic mass is 16.5. The van der Waals surface area contributed by atoms with Crippen molar-refractivity contribution in [3.05, 3.63) is 83.7 Å². The van der Waals surface area contributed by atoms with Crippen molar-refractivity contribution in [2.45, 2.75) is 19.6 Å². The lowest BCUT2D eigenvalue weighted by Gasteiger charge is -2.26. The van der Waals surface area contributed by atoms with Crippen LogP contribution >= 0.6 is 0 Å². The summed E-state index contributed by atoms with van der Waals surface area (Å²) >= 11 is 0. The van der Waals surface area contributed by atoms with Gasteiger partial charge in [0.25, 0.3) is 5.91 Å². The molecule has 2 N–H and O–H groups in total. The Labute approximate surface area is 174 Å². The minimum Gasteiger partial charge on any atom is -0.497 e. The fourth-order valence-electron chi connectivity index (χ4n) is 3.48. The zero-order chi connectivity index (χ0) is 21.1. The Morgan fingerprint density at radius 3 is 2.43 bits per heavy atom. The summed E-state index contributed by atoms with van der Waals surface area (Å²) in [6.07, 6.45) is 1.29. The van der Waals surface area contributed by atoms with Crippen LogP contribution in [0.2, 0.25) is 0 Å². The van der Waals surface area contributed by atoms with Crippen molar-refractivity contribution < 1.29 is 14.3 Å². The molecule has 7 heteroatoms. The molecule has 7 nitrogen and oxygen atoms in total. The van der Waals surface area contributed by atoms with Crippen LogP contribution in [0, 0.1) is 0 Å². The fraction of sp³-hybridized carbons (Fsp3) is 0.174. The van der Waals surface area contributed by atoms with Gasteiger partial charge in [0.05, 0.1) is 18.4 Å². The van der Waals surface area contributed by atoms with Crippen LogP contribution < -0.4 is 15.4 Å². The molecule has 0 radical (unpaired) electrons. The largest absolute Gasteiger partial charge is 0.497 e. The van der Waals surface area contributed by atoms with Gasteiger partial charge in [-0.3, -0.25) is 14.6 Å². The predicted octanol–water partition coefficient (Wildman–Crippen LogP) is 3.82. The van der Waals surface area contributed by atoms with Crippen molar-refractivity contribution in [2.24, 2.45) is 0 Å². The van der Waals surface area contributed by atoms with Crippen LogP contribution in [0.3, 0.4) is 0 Å². The van der Waals surface area contributed by atoms with Gasteiger partial charge in [-0.15, -0.1) is 0 Å². The summed E-state index contributed by atoms with van der Waals surface area (Å²) in [6.45, 7) is 1.90. The number of ether oxygens (including phenoxy) is 1. The predicted molar refractivity (Wildman–Crippen MR) is 114 cm³/mol. The highest BCUT2D eigenvalue weighted by Gasteiger charge is 2.37. The minimum atomic E-state index is -0.401. The van der Waals surface area contributed by atoms with E-state index in [2.05, 4.69) is 15.6 Å². The summed E-state index contributed by atoms with van der Waals surface area (Å²) in [7, 11) is 1.62. The molecule has 0 bridgehead atoms. The molecular formula is C23H22N4O3. The number of hydrogen-bond acceptors (Lipinski definition) is 5. The van der Waals surface area contributed by atoms with Crippen molar-refractivity contribution in [1.82, 2.24) is 9.88 Å². The lowest BCUT2D eigenvalue weighted by atomic mass is 10.2. The second-order valence-electron chi connectivity index (χ2n) is 7.02. The molecule has 0 saturated heterocycles. The Bertz CT molecular complexity index is 1060. The first-order valence-corrected chi connectivity index (χ1v) is 9.58. The number of rotatable bonds is 6. The molecule has 1 aliphatic rings. The molecule has 0 fully saturated rings. The maximum Gasteiger partial charge on any atom is 0.258 e. The fourth-order valence-corrected chi connectivity index (χ4v) is 3.48. The van der Waals surface area contributed by atoms with Crippen molar-refractivity contribution in [1.29, 1.82) is 0 Å². The van der Waals surface area contributed by atoms with Gasteiger partial charge in [0.2, 0.25) is 5.91 Å². The van der Waals surface area contributed by atoms with Crippen LogP contribution in [-0.2, 0) is 11.3 Å². The molecule has 1 aliphatic heterocycles. The second kappa shape index (κ2) is 8.24. The van der Waals surface area contributed by atoms with Gasteiger partial charge < -0.3 is 20.3 Å². The van der Waals surface area contributed by atoms with Crippen LogP contribution in [0.1, 0.15) is 34.7 Å². The van der Waals surface area contributed by atoms with Crippen molar-refractivity contribution in [3.63, 3.8) is 0 Å². The normalized spacial score (nSPS) is 14.9. The molecule has 1 aromatic heterocycles. The standard InChI is InChI=1S/C23H22N4O3/c1-15(28)25-17-7-9-18(10-8-17)26-22-21-20(4-3-13-24-21)23(29)27(22)14-16-5-11-19(30-2)12-6-16/h3-13,22,26H,14H2,1-2H3,(H,25,28)/t22-/m0/s1. The Kier molecular flexibility index (Phi) is 5.34. The molecule has 4 rings (SSSR count). The summed E-state index contributed by atoms with van der Waals surface area (Å²) in [5, 5.41) is 6.15. The Balaban J connectivity index is 1.60. The van der Waals surface area contributed by atoms with Gasteiger partial charge in [0, 0.05) is 31.0 Å². The average Bonchev–Trinajstić information content (AvgIpc) is 3.01. The topological polar surface area (TPSA) is 83.6 Å². The van der Waals surface area contributed by atoms with Gasteiger partial charge in [0.15, 0.2) is 0 Å². The molecule has 0 saturated carbocycles. The Morgan fingerprint density at radius 1 is 1.07 bits per heavy atom. The van der Waals surface area contributed by atoms with E-state index in [9.17, 15) is 9.59 Å². The Hall–Kier alpha value is -3.87. The molecule has 0 unspecified atom stereocenters. The number of fused-ring (bicyclic) bond motifs is 1. The van der Waals surface area contributed by atoms with E-state index in [0.717, 1.165) is 17.0 Å². The van der Waals surface area contributed by atoms with Crippen LogP contribution in [0.15, 0.2) is 66.9 Å². The Morgan fingerprint density at radius 2 is 1.77 bits per heavy atom. The van der Waals surface area contributed by atoms with Crippen molar-refractivity contribution in [2.75, 3.05) is 17.7 Å². The van der Waals surface area contributed by atoms with E-state index < -0.39 is 6.17 Å². The summed E-state index contributed by atoms with van der Waals surface area (Å²) < 4.78 is 5.22. The molecule has 0 spiro atoms. The number of hydrogen-bond donors (Lipinski definition) is 2. The average molecular weight is 402 g/mol. The number of pyridine rings is 1. The molecular weight excluding hydrogens is 380 g/mol. The number of nitrogens with one attached hydrogen (secondary N) is 2. The molecule has 2 amide bonds. The van der Waals surface area contributed by atoms with Gasteiger partial charge in [-0.2, -0.15) is 0 Å². The number of methoxy groups -OCH3 is 1. The number of aromatic nitrogens is 1. The van der Waals surface area contributed by atoms with Gasteiger partial charge in [-0.1, -0.05) is 12.1 Å². The van der Waals surface area contributed by atoms with Gasteiger partial charge in [-0.25, -0.2) is 0 Å². The maximum absolute atomic E-state index is 13.1. The number of nitrogens with zero attached hydrogens (tertiary/aromatic N) is 2. The van der Waals surface area contributed by atoms with Gasteiger partial charge in [0.1, 0.15) is 11.9 Å². The highest BCUT2D eigenvalue weighted by molar-refractivity contribution is 5.99. The van der Waals surface area contributed by atoms with E-state index in [1.54, 1.807) is 30.3 Å². The summed E-state index contributed by atoms with van der Waals surface area (Å²) in [4.78, 5) is 30.5. The maximum atomic E-state index is 13.1. The highest BCUT2D eigenvalue weighted by Crippen LogP contribution is 2.34. The number of carbonyl (C=O) groups excluding carboxylic acids is 2. The summed E-state index contributed by atoms with van der Waals surface area (Å²) in [6, 6.07) is 18.6. The van der Waals surface area contributed by atoms with Crippen molar-refractivity contribution in [3.8, 4) is 5.75 Å². The monoisotopic (exact) mass is 402 g/mol. The first-order chi connectivity index (χ1) is 14.5. The van der Waals surface area contributed by atoms with Gasteiger partial charge >= 0.3 is 0 Å². The number of benzene rings is 2. The third-order valence-electron chi connectivity index (χ3n) is 4.92. The third-order valence-corrected chi connectivity index (χ3v) is 4.92. The van der Waals surface area contributed by atoms with Crippen LogP contribution in [-0.4, -0.2) is 28.8 Å². The molecule has 0 aliphatic carbocycles. The molecule has 2 aromatic carbocycles. The van der Waals surface area contributed by atoms with Crippen LogP contribution in [0.5, 0.6) is 5.75 Å². The number of carbonyl (C=O) groups is 2. The van der Waals surface area contributed by atoms with Gasteiger partial charge in [-0.05, 0) is 54.1 Å². The SMILES string of the molecule is COc1ccc(CN2C(=O)c3cccnc3[C@H]2Nc2ccc(NC(C)=O)cc2)cc1. The molecule has 3 aromatic rings. The quantitative estimate of drug-likeness (QED) is 0.655. The summed E-state index contributed by atoms with van der Waals surface area (Å²) in [5.41, 5.74) is 3.81. The van der Waals surface area contributed by atoms with E-state index >= 15 is 0 Å². The zero-order valence-electron chi connectivity index (χ0n) is 16.8. The number of anilines is 2.